The van der Waals surface area contributed by atoms with E-state index in [4.69, 9.17) is 9.47 Å². The number of para-hydroxylation sites is 1. The van der Waals surface area contributed by atoms with Crippen LogP contribution in [0.25, 0.3) is 0 Å². The van der Waals surface area contributed by atoms with Gasteiger partial charge in [-0.2, -0.15) is 0 Å². The van der Waals surface area contributed by atoms with Gasteiger partial charge in [0, 0.05) is 12.7 Å². The Bertz CT molecular complexity index is 386. The number of likely N-dealkylation sites (N-methyl/N-ethyl adjacent to an activating group) is 1. The Hall–Kier alpha value is -1.06. The Morgan fingerprint density at radius 3 is 2.37 bits per heavy atom. The second-order valence-corrected chi connectivity index (χ2v) is 5.30. The zero-order chi connectivity index (χ0) is 14.5. The van der Waals surface area contributed by atoms with Gasteiger partial charge in [-0.05, 0) is 40.3 Å². The van der Waals surface area contributed by atoms with E-state index >= 15 is 0 Å². The summed E-state index contributed by atoms with van der Waals surface area (Å²) in [6.45, 7) is 8.35. The lowest BCUT2D eigenvalue weighted by Gasteiger charge is -2.36. The third-order valence-corrected chi connectivity index (χ3v) is 3.66. The molecule has 1 rings (SSSR count). The van der Waals surface area contributed by atoms with Crippen LogP contribution in [-0.4, -0.2) is 25.9 Å². The molecular formula is C16H27NO2. The molecule has 0 radical (unpaired) electrons. The fourth-order valence-electron chi connectivity index (χ4n) is 2.34. The van der Waals surface area contributed by atoms with E-state index in [0.717, 1.165) is 17.7 Å². The highest BCUT2D eigenvalue weighted by Crippen LogP contribution is 2.36. The molecule has 0 aliphatic carbocycles. The molecule has 0 aliphatic rings. The smallest absolute Gasteiger partial charge is 0.124 e. The average molecular weight is 265 g/mol. The van der Waals surface area contributed by atoms with E-state index in [2.05, 4.69) is 25.2 Å². The summed E-state index contributed by atoms with van der Waals surface area (Å²) < 4.78 is 11.7. The average Bonchev–Trinajstić information content (AvgIpc) is 2.40. The van der Waals surface area contributed by atoms with E-state index in [-0.39, 0.29) is 17.7 Å². The highest BCUT2D eigenvalue weighted by molar-refractivity contribution is 5.37. The number of hydrogen-bond acceptors (Lipinski definition) is 3. The SMILES string of the molecule is CCC(C)(OC)C(NC)c1ccccc1OC(C)C. The van der Waals surface area contributed by atoms with Gasteiger partial charge < -0.3 is 14.8 Å². The van der Waals surface area contributed by atoms with Gasteiger partial charge in [-0.15, -0.1) is 0 Å². The molecule has 0 bridgehead atoms. The second kappa shape index (κ2) is 6.92. The zero-order valence-corrected chi connectivity index (χ0v) is 13.0. The fraction of sp³-hybridized carbons (Fsp3) is 0.625. The highest BCUT2D eigenvalue weighted by atomic mass is 16.5. The van der Waals surface area contributed by atoms with Crippen molar-refractivity contribution in [3.05, 3.63) is 29.8 Å². The van der Waals surface area contributed by atoms with E-state index < -0.39 is 0 Å². The molecule has 0 amide bonds. The van der Waals surface area contributed by atoms with Crippen molar-refractivity contribution in [2.75, 3.05) is 14.2 Å². The third-order valence-electron chi connectivity index (χ3n) is 3.66. The van der Waals surface area contributed by atoms with E-state index in [1.165, 1.54) is 0 Å². The molecule has 2 atom stereocenters. The molecule has 3 heteroatoms. The number of benzene rings is 1. The van der Waals surface area contributed by atoms with Gasteiger partial charge in [0.15, 0.2) is 0 Å². The monoisotopic (exact) mass is 265 g/mol. The molecule has 0 fully saturated rings. The lowest BCUT2D eigenvalue weighted by molar-refractivity contribution is -0.0288. The van der Waals surface area contributed by atoms with Gasteiger partial charge in [-0.3, -0.25) is 0 Å². The van der Waals surface area contributed by atoms with Crippen LogP contribution in [0.2, 0.25) is 0 Å². The van der Waals surface area contributed by atoms with Crippen LogP contribution in [0.4, 0.5) is 0 Å². The van der Waals surface area contributed by atoms with Crippen LogP contribution in [0.3, 0.4) is 0 Å². The van der Waals surface area contributed by atoms with Crippen LogP contribution in [0, 0.1) is 0 Å². The topological polar surface area (TPSA) is 30.5 Å². The molecule has 2 unspecified atom stereocenters. The summed E-state index contributed by atoms with van der Waals surface area (Å²) in [5.74, 6) is 0.925. The van der Waals surface area contributed by atoms with Crippen LogP contribution in [-0.2, 0) is 4.74 Å². The lowest BCUT2D eigenvalue weighted by atomic mass is 9.87. The van der Waals surface area contributed by atoms with Crippen molar-refractivity contribution in [1.29, 1.82) is 0 Å². The molecule has 1 aromatic rings. The molecule has 0 saturated heterocycles. The lowest BCUT2D eigenvalue weighted by Crippen LogP contribution is -2.41. The predicted octanol–water partition coefficient (Wildman–Crippen LogP) is 3.55. The van der Waals surface area contributed by atoms with Crippen molar-refractivity contribution < 1.29 is 9.47 Å². The molecular weight excluding hydrogens is 238 g/mol. The summed E-state index contributed by atoms with van der Waals surface area (Å²) in [6, 6.07) is 8.26. The van der Waals surface area contributed by atoms with Crippen molar-refractivity contribution in [1.82, 2.24) is 5.32 Å². The Labute approximate surface area is 117 Å². The summed E-state index contributed by atoms with van der Waals surface area (Å²) >= 11 is 0. The first-order valence-corrected chi connectivity index (χ1v) is 6.96. The van der Waals surface area contributed by atoms with Crippen molar-refractivity contribution in [2.45, 2.75) is 51.9 Å². The minimum absolute atomic E-state index is 0.0949. The molecule has 0 heterocycles. The van der Waals surface area contributed by atoms with Crippen LogP contribution in [0.5, 0.6) is 5.75 Å². The minimum Gasteiger partial charge on any atom is -0.491 e. The maximum atomic E-state index is 5.92. The molecule has 108 valence electrons. The summed E-state index contributed by atoms with van der Waals surface area (Å²) in [5.41, 5.74) is 0.885. The number of nitrogens with one attached hydrogen (secondary N) is 1. The standard InChI is InChI=1S/C16H27NO2/c1-7-16(4,18-6)15(17-5)13-10-8-9-11-14(13)19-12(2)3/h8-12,15,17H,7H2,1-6H3. The molecule has 1 N–H and O–H groups in total. The third kappa shape index (κ3) is 3.71. The van der Waals surface area contributed by atoms with Gasteiger partial charge in [0.1, 0.15) is 5.75 Å². The first kappa shape index (κ1) is 16.0. The number of rotatable bonds is 7. The first-order chi connectivity index (χ1) is 8.98. The largest absolute Gasteiger partial charge is 0.491 e. The van der Waals surface area contributed by atoms with Gasteiger partial charge >= 0.3 is 0 Å². The number of hydrogen-bond donors (Lipinski definition) is 1. The Kier molecular flexibility index (Phi) is 5.83. The summed E-state index contributed by atoms with van der Waals surface area (Å²) in [5, 5.41) is 3.37. The van der Waals surface area contributed by atoms with Gasteiger partial charge in [0.05, 0.1) is 17.7 Å². The van der Waals surface area contributed by atoms with Crippen LogP contribution >= 0.6 is 0 Å². The molecule has 0 spiro atoms. The van der Waals surface area contributed by atoms with E-state index in [1.54, 1.807) is 7.11 Å². The zero-order valence-electron chi connectivity index (χ0n) is 13.0. The second-order valence-electron chi connectivity index (χ2n) is 5.30. The summed E-state index contributed by atoms with van der Waals surface area (Å²) in [6.07, 6.45) is 1.08. The molecule has 3 nitrogen and oxygen atoms in total. The van der Waals surface area contributed by atoms with Crippen LogP contribution in [0.1, 0.15) is 45.7 Å². The highest BCUT2D eigenvalue weighted by Gasteiger charge is 2.34. The molecule has 19 heavy (non-hydrogen) atoms. The molecule has 1 aromatic carbocycles. The van der Waals surface area contributed by atoms with Gasteiger partial charge in [0.25, 0.3) is 0 Å². The Balaban J connectivity index is 3.17. The van der Waals surface area contributed by atoms with Crippen LogP contribution < -0.4 is 10.1 Å². The maximum absolute atomic E-state index is 5.92. The van der Waals surface area contributed by atoms with Gasteiger partial charge in [-0.25, -0.2) is 0 Å². The normalized spacial score (nSPS) is 16.2. The Morgan fingerprint density at radius 2 is 1.89 bits per heavy atom. The number of ether oxygens (including phenoxy) is 2. The first-order valence-electron chi connectivity index (χ1n) is 6.96. The van der Waals surface area contributed by atoms with Gasteiger partial charge in [-0.1, -0.05) is 25.1 Å². The van der Waals surface area contributed by atoms with Crippen molar-refractivity contribution in [3.63, 3.8) is 0 Å². The molecule has 0 aliphatic heterocycles. The van der Waals surface area contributed by atoms with E-state index in [0.29, 0.717) is 0 Å². The van der Waals surface area contributed by atoms with Crippen molar-refractivity contribution in [3.8, 4) is 5.75 Å². The molecule has 0 aromatic heterocycles. The van der Waals surface area contributed by atoms with E-state index in [9.17, 15) is 0 Å². The van der Waals surface area contributed by atoms with Crippen molar-refractivity contribution >= 4 is 0 Å². The van der Waals surface area contributed by atoms with Crippen molar-refractivity contribution in [2.24, 2.45) is 0 Å². The maximum Gasteiger partial charge on any atom is 0.124 e. The van der Waals surface area contributed by atoms with Gasteiger partial charge in [0.2, 0.25) is 0 Å². The number of methoxy groups -OCH3 is 1. The quantitative estimate of drug-likeness (QED) is 0.818. The van der Waals surface area contributed by atoms with Crippen LogP contribution in [0.15, 0.2) is 24.3 Å². The Morgan fingerprint density at radius 1 is 1.26 bits per heavy atom. The summed E-state index contributed by atoms with van der Waals surface area (Å²) in [4.78, 5) is 0. The fourth-order valence-corrected chi connectivity index (χ4v) is 2.34. The van der Waals surface area contributed by atoms with E-state index in [1.807, 2.05) is 39.1 Å². The molecule has 0 saturated carbocycles. The minimum atomic E-state index is -0.259. The summed E-state index contributed by atoms with van der Waals surface area (Å²) in [7, 11) is 3.73. The predicted molar refractivity (Wildman–Crippen MR) is 79.7 cm³/mol.